The lowest BCUT2D eigenvalue weighted by atomic mass is 9.89. The number of thiazole rings is 1. The molecule has 0 spiro atoms. The monoisotopic (exact) mass is 210 g/mol. The maximum absolute atomic E-state index is 5.60. The summed E-state index contributed by atoms with van der Waals surface area (Å²) in [6.07, 6.45) is 5.95. The average molecular weight is 210 g/mol. The molecule has 0 amide bonds. The molecule has 1 atom stereocenters. The van der Waals surface area contributed by atoms with Gasteiger partial charge in [-0.25, -0.2) is 4.98 Å². The van der Waals surface area contributed by atoms with Crippen LogP contribution >= 0.6 is 11.3 Å². The van der Waals surface area contributed by atoms with Crippen molar-refractivity contribution < 1.29 is 0 Å². The van der Waals surface area contributed by atoms with E-state index in [9.17, 15) is 0 Å². The molecule has 3 heteroatoms. The maximum Gasteiger partial charge on any atom is 0.0928 e. The third-order valence-corrected chi connectivity index (χ3v) is 4.23. The Morgan fingerprint density at radius 3 is 3.14 bits per heavy atom. The fourth-order valence-electron chi connectivity index (χ4n) is 2.13. The minimum absolute atomic E-state index is 0.817. The van der Waals surface area contributed by atoms with Gasteiger partial charge >= 0.3 is 0 Å². The molecule has 2 N–H and O–H groups in total. The summed E-state index contributed by atoms with van der Waals surface area (Å²) in [4.78, 5) is 6.18. The lowest BCUT2D eigenvalue weighted by molar-refractivity contribution is 0.434. The van der Waals surface area contributed by atoms with Gasteiger partial charge in [0.15, 0.2) is 0 Å². The SMILES string of the molecule is CCc1nc2c(s1)CC(CCN)CC2. The summed E-state index contributed by atoms with van der Waals surface area (Å²) in [5.74, 6) is 0.817. The molecule has 0 fully saturated rings. The molecule has 0 bridgehead atoms. The van der Waals surface area contributed by atoms with E-state index in [2.05, 4.69) is 11.9 Å². The molecule has 1 unspecified atom stereocenters. The molecule has 14 heavy (non-hydrogen) atoms. The molecule has 2 nitrogen and oxygen atoms in total. The van der Waals surface area contributed by atoms with Crippen molar-refractivity contribution in [2.75, 3.05) is 6.54 Å². The van der Waals surface area contributed by atoms with Crippen LogP contribution in [0.2, 0.25) is 0 Å². The molecule has 1 heterocycles. The van der Waals surface area contributed by atoms with Crippen molar-refractivity contribution in [2.24, 2.45) is 11.7 Å². The number of nitrogens with two attached hydrogens (primary N) is 1. The van der Waals surface area contributed by atoms with E-state index in [1.807, 2.05) is 11.3 Å². The molecule has 0 radical (unpaired) electrons. The summed E-state index contributed by atoms with van der Waals surface area (Å²) in [5, 5.41) is 1.31. The lowest BCUT2D eigenvalue weighted by Crippen LogP contribution is -2.16. The first-order chi connectivity index (χ1) is 6.83. The summed E-state index contributed by atoms with van der Waals surface area (Å²) >= 11 is 1.91. The van der Waals surface area contributed by atoms with Gasteiger partial charge in [-0.1, -0.05) is 6.92 Å². The number of aromatic nitrogens is 1. The number of hydrogen-bond donors (Lipinski definition) is 1. The summed E-state index contributed by atoms with van der Waals surface area (Å²) in [5.41, 5.74) is 6.97. The second-order valence-corrected chi connectivity index (χ2v) is 5.19. The van der Waals surface area contributed by atoms with Crippen molar-refractivity contribution in [1.29, 1.82) is 0 Å². The molecule has 0 aromatic carbocycles. The highest BCUT2D eigenvalue weighted by atomic mass is 32.1. The van der Waals surface area contributed by atoms with Gasteiger partial charge in [0.2, 0.25) is 0 Å². The quantitative estimate of drug-likeness (QED) is 0.830. The van der Waals surface area contributed by atoms with E-state index in [0.717, 1.165) is 18.9 Å². The third-order valence-electron chi connectivity index (χ3n) is 2.96. The van der Waals surface area contributed by atoms with Gasteiger partial charge in [-0.15, -0.1) is 11.3 Å². The molecule has 1 aliphatic rings. The van der Waals surface area contributed by atoms with Crippen LogP contribution in [0.5, 0.6) is 0 Å². The highest BCUT2D eigenvalue weighted by Crippen LogP contribution is 2.31. The Balaban J connectivity index is 2.09. The number of hydrogen-bond acceptors (Lipinski definition) is 3. The van der Waals surface area contributed by atoms with Crippen LogP contribution in [0, 0.1) is 5.92 Å². The van der Waals surface area contributed by atoms with Crippen molar-refractivity contribution in [2.45, 2.75) is 39.0 Å². The fourth-order valence-corrected chi connectivity index (χ4v) is 3.30. The van der Waals surface area contributed by atoms with Crippen molar-refractivity contribution in [3.63, 3.8) is 0 Å². The number of aryl methyl sites for hydroxylation is 2. The maximum atomic E-state index is 5.60. The van der Waals surface area contributed by atoms with E-state index in [-0.39, 0.29) is 0 Å². The molecule has 1 aromatic rings. The van der Waals surface area contributed by atoms with Gasteiger partial charge in [0, 0.05) is 4.88 Å². The number of nitrogens with zero attached hydrogens (tertiary/aromatic N) is 1. The smallest absolute Gasteiger partial charge is 0.0928 e. The largest absolute Gasteiger partial charge is 0.330 e. The summed E-state index contributed by atoms with van der Waals surface area (Å²) in [6, 6.07) is 0. The van der Waals surface area contributed by atoms with Gasteiger partial charge in [0.05, 0.1) is 10.7 Å². The van der Waals surface area contributed by atoms with E-state index in [4.69, 9.17) is 5.73 Å². The Labute approximate surface area is 89.5 Å². The van der Waals surface area contributed by atoms with E-state index in [1.54, 1.807) is 0 Å². The van der Waals surface area contributed by atoms with E-state index in [0.29, 0.717) is 0 Å². The topological polar surface area (TPSA) is 38.9 Å². The second kappa shape index (κ2) is 4.41. The predicted molar refractivity (Wildman–Crippen MR) is 60.7 cm³/mol. The summed E-state index contributed by atoms with van der Waals surface area (Å²) in [7, 11) is 0. The van der Waals surface area contributed by atoms with Crippen LogP contribution in [-0.2, 0) is 19.3 Å². The zero-order valence-corrected chi connectivity index (χ0v) is 9.57. The van der Waals surface area contributed by atoms with Crippen molar-refractivity contribution in [3.05, 3.63) is 15.6 Å². The zero-order valence-electron chi connectivity index (χ0n) is 8.75. The Morgan fingerprint density at radius 2 is 2.43 bits per heavy atom. The normalized spacial score (nSPS) is 20.9. The molecule has 0 aliphatic heterocycles. The molecule has 1 aromatic heterocycles. The number of fused-ring (bicyclic) bond motifs is 1. The Hall–Kier alpha value is -0.410. The molecule has 0 saturated heterocycles. The molecule has 0 saturated carbocycles. The van der Waals surface area contributed by atoms with Crippen LogP contribution in [0.25, 0.3) is 0 Å². The first kappa shape index (κ1) is 10.1. The fraction of sp³-hybridized carbons (Fsp3) is 0.727. The third kappa shape index (κ3) is 1.98. The van der Waals surface area contributed by atoms with Gasteiger partial charge in [-0.05, 0) is 44.6 Å². The van der Waals surface area contributed by atoms with Crippen LogP contribution in [0.3, 0.4) is 0 Å². The molecule has 78 valence electrons. The average Bonchev–Trinajstić information content (AvgIpc) is 2.60. The van der Waals surface area contributed by atoms with Crippen LogP contribution in [-0.4, -0.2) is 11.5 Å². The molecular weight excluding hydrogens is 192 g/mol. The van der Waals surface area contributed by atoms with Crippen LogP contribution in [0.15, 0.2) is 0 Å². The van der Waals surface area contributed by atoms with E-state index in [1.165, 1.54) is 41.3 Å². The zero-order chi connectivity index (χ0) is 9.97. The lowest BCUT2D eigenvalue weighted by Gasteiger charge is -2.19. The van der Waals surface area contributed by atoms with Gasteiger partial charge in [0.25, 0.3) is 0 Å². The Morgan fingerprint density at radius 1 is 1.57 bits per heavy atom. The second-order valence-electron chi connectivity index (χ2n) is 4.02. The van der Waals surface area contributed by atoms with Crippen LogP contribution in [0.4, 0.5) is 0 Å². The Bertz CT molecular complexity index is 306. The Kier molecular flexibility index (Phi) is 3.19. The minimum atomic E-state index is 0.817. The predicted octanol–water partition coefficient (Wildman–Crippen LogP) is 2.16. The standard InChI is InChI=1S/C11H18N2S/c1-2-11-13-9-4-3-8(5-6-12)7-10(9)14-11/h8H,2-7,12H2,1H3. The van der Waals surface area contributed by atoms with Gasteiger partial charge in [0.1, 0.15) is 0 Å². The van der Waals surface area contributed by atoms with Gasteiger partial charge in [-0.3, -0.25) is 0 Å². The van der Waals surface area contributed by atoms with Gasteiger partial charge in [-0.2, -0.15) is 0 Å². The molecule has 1 aliphatic carbocycles. The molecule has 2 rings (SSSR count). The van der Waals surface area contributed by atoms with Crippen molar-refractivity contribution in [3.8, 4) is 0 Å². The summed E-state index contributed by atoms with van der Waals surface area (Å²) in [6.45, 7) is 3.01. The highest BCUT2D eigenvalue weighted by Gasteiger charge is 2.21. The van der Waals surface area contributed by atoms with Crippen molar-refractivity contribution in [1.82, 2.24) is 4.98 Å². The van der Waals surface area contributed by atoms with Crippen LogP contribution in [0.1, 0.15) is 35.3 Å². The first-order valence-corrected chi connectivity index (χ1v) is 6.32. The number of rotatable bonds is 3. The van der Waals surface area contributed by atoms with Crippen LogP contribution < -0.4 is 5.73 Å². The van der Waals surface area contributed by atoms with Crippen molar-refractivity contribution >= 4 is 11.3 Å². The van der Waals surface area contributed by atoms with E-state index < -0.39 is 0 Å². The van der Waals surface area contributed by atoms with E-state index >= 15 is 0 Å². The summed E-state index contributed by atoms with van der Waals surface area (Å²) < 4.78 is 0. The minimum Gasteiger partial charge on any atom is -0.330 e. The highest BCUT2D eigenvalue weighted by molar-refractivity contribution is 7.11. The molecular formula is C11H18N2S. The van der Waals surface area contributed by atoms with Gasteiger partial charge < -0.3 is 5.73 Å². The first-order valence-electron chi connectivity index (χ1n) is 5.51.